The number of carbonyl (C=O) groups excluding carboxylic acids is 1. The van der Waals surface area contributed by atoms with E-state index in [2.05, 4.69) is 33.3 Å². The first kappa shape index (κ1) is 17.9. The highest BCUT2D eigenvalue weighted by Gasteiger charge is 2.33. The third kappa shape index (κ3) is 5.29. The normalized spacial score (nSPS) is 16.5. The highest BCUT2D eigenvalue weighted by atomic mass is 32.3. The lowest BCUT2D eigenvalue weighted by Gasteiger charge is -2.24. The number of anilines is 1. The molecule has 23 heavy (non-hydrogen) atoms. The van der Waals surface area contributed by atoms with Crippen LogP contribution in [0.4, 0.5) is 10.6 Å². The largest absolute Gasteiger partial charge is 0.447 e. The van der Waals surface area contributed by atoms with Crippen LogP contribution in [0.5, 0.6) is 0 Å². The number of ether oxygens (including phenoxy) is 2. The first-order chi connectivity index (χ1) is 10.7. The summed E-state index contributed by atoms with van der Waals surface area (Å²) >= 11 is 0. The van der Waals surface area contributed by atoms with Crippen LogP contribution in [0.15, 0.2) is 12.3 Å². The minimum absolute atomic E-state index is 0.00682. The molecule has 1 aromatic rings. The van der Waals surface area contributed by atoms with E-state index in [1.54, 1.807) is 6.20 Å². The smallest absolute Gasteiger partial charge is 0.425 e. The summed E-state index contributed by atoms with van der Waals surface area (Å²) < 4.78 is 38.5. The maximum Gasteiger partial charge on any atom is 0.425 e. The fraction of sp³-hybridized carbons (Fsp3) is 0.667. The average Bonchev–Trinajstić information content (AvgIpc) is 3.02. The summed E-state index contributed by atoms with van der Waals surface area (Å²) in [6.45, 7) is 0.910. The molecule has 0 bridgehead atoms. The molecule has 132 valence electrons. The molecule has 0 saturated carbocycles. The van der Waals surface area contributed by atoms with Crippen LogP contribution in [0, 0.1) is 0 Å². The van der Waals surface area contributed by atoms with Crippen molar-refractivity contribution in [2.45, 2.75) is 6.73 Å². The second kappa shape index (κ2) is 6.97. The van der Waals surface area contributed by atoms with Crippen molar-refractivity contribution >= 4 is 32.1 Å². The number of hydrogen-bond donors (Lipinski definition) is 1. The Morgan fingerprint density at radius 2 is 2.13 bits per heavy atom. The Kier molecular flexibility index (Phi) is 5.42. The van der Waals surface area contributed by atoms with Crippen molar-refractivity contribution in [2.24, 2.45) is 0 Å². The van der Waals surface area contributed by atoms with Gasteiger partial charge in [-0.1, -0.05) is 0 Å². The molecule has 1 aliphatic heterocycles. The van der Waals surface area contributed by atoms with E-state index in [9.17, 15) is 13.2 Å². The van der Waals surface area contributed by atoms with E-state index in [0.717, 1.165) is 5.75 Å². The molecule has 1 aromatic heterocycles. The molecule has 2 rings (SSSR count). The van der Waals surface area contributed by atoms with Crippen LogP contribution in [0.3, 0.4) is 0 Å². The van der Waals surface area contributed by atoms with Gasteiger partial charge in [0.05, 0.1) is 13.2 Å². The maximum absolute atomic E-state index is 12.0. The number of rotatable bonds is 8. The van der Waals surface area contributed by atoms with Crippen molar-refractivity contribution in [3.63, 3.8) is 0 Å². The van der Waals surface area contributed by atoms with E-state index >= 15 is 0 Å². The minimum Gasteiger partial charge on any atom is -0.447 e. The fourth-order valence-electron chi connectivity index (χ4n) is 1.74. The van der Waals surface area contributed by atoms with Gasteiger partial charge in [0.25, 0.3) is 0 Å². The van der Waals surface area contributed by atoms with Gasteiger partial charge in [-0.25, -0.2) is 24.2 Å². The molecule has 0 spiro atoms. The van der Waals surface area contributed by atoms with Crippen molar-refractivity contribution in [1.29, 1.82) is 0 Å². The molecular formula is C12H22N4O5S2. The molecule has 1 saturated heterocycles. The van der Waals surface area contributed by atoms with Gasteiger partial charge in [0.2, 0.25) is 0 Å². The SMILES string of the molecule is CS(C)(C)CCOCn1ccc(NS(=O)(=O)N2CCOC2=O)n1. The van der Waals surface area contributed by atoms with Crippen LogP contribution in [-0.2, 0) is 26.4 Å². The Hall–Kier alpha value is -1.46. The number of carbonyl (C=O) groups is 1. The van der Waals surface area contributed by atoms with Gasteiger partial charge in [0.15, 0.2) is 5.82 Å². The standard InChI is InChI=1S/C12H22N4O5S2/c1-22(2,3)9-8-20-10-15-5-4-11(13-15)14-23(18,19)16-6-7-21-12(16)17/h4-5H,6-10H2,1-3H3,(H,13,14). The van der Waals surface area contributed by atoms with Crippen molar-refractivity contribution in [2.75, 3.05) is 49.0 Å². The summed E-state index contributed by atoms with van der Waals surface area (Å²) in [5.74, 6) is 1.11. The Balaban J connectivity index is 1.86. The maximum atomic E-state index is 12.0. The van der Waals surface area contributed by atoms with Crippen molar-refractivity contribution in [3.05, 3.63) is 12.3 Å². The highest BCUT2D eigenvalue weighted by molar-refractivity contribution is 8.32. The van der Waals surface area contributed by atoms with Crippen LogP contribution in [0.2, 0.25) is 0 Å². The third-order valence-electron chi connectivity index (χ3n) is 2.95. The Bertz CT molecular complexity index is 653. The monoisotopic (exact) mass is 366 g/mol. The topological polar surface area (TPSA) is 103 Å². The molecule has 1 amide bonds. The quantitative estimate of drug-likeness (QED) is 0.678. The molecule has 9 nitrogen and oxygen atoms in total. The molecule has 0 unspecified atom stereocenters. The average molecular weight is 366 g/mol. The highest BCUT2D eigenvalue weighted by Crippen LogP contribution is 2.33. The second-order valence-electron chi connectivity index (χ2n) is 5.87. The first-order valence-electron chi connectivity index (χ1n) is 6.92. The number of cyclic esters (lactones) is 1. The van der Waals surface area contributed by atoms with Gasteiger partial charge in [-0.15, -0.1) is 0 Å². The van der Waals surface area contributed by atoms with Crippen LogP contribution >= 0.6 is 10.0 Å². The number of aromatic nitrogens is 2. The molecule has 1 N–H and O–H groups in total. The van der Waals surface area contributed by atoms with Crippen molar-refractivity contribution in [1.82, 2.24) is 14.1 Å². The molecule has 0 aliphatic carbocycles. The van der Waals surface area contributed by atoms with Crippen LogP contribution in [0.25, 0.3) is 0 Å². The van der Waals surface area contributed by atoms with Gasteiger partial charge in [-0.2, -0.15) is 17.8 Å². The van der Waals surface area contributed by atoms with Gasteiger partial charge < -0.3 is 9.47 Å². The molecule has 2 heterocycles. The van der Waals surface area contributed by atoms with Crippen molar-refractivity contribution in [3.8, 4) is 0 Å². The Labute approximate surface area is 137 Å². The van der Waals surface area contributed by atoms with Gasteiger partial charge >= 0.3 is 16.3 Å². The van der Waals surface area contributed by atoms with E-state index in [-0.39, 0.29) is 25.7 Å². The zero-order valence-electron chi connectivity index (χ0n) is 13.4. The van der Waals surface area contributed by atoms with Gasteiger partial charge in [0, 0.05) is 18.0 Å². The second-order valence-corrected chi connectivity index (χ2v) is 12.1. The number of nitrogens with zero attached hydrogens (tertiary/aromatic N) is 3. The summed E-state index contributed by atoms with van der Waals surface area (Å²) in [6, 6.07) is 1.50. The molecule has 0 atom stereocenters. The number of nitrogens with one attached hydrogen (secondary N) is 1. The van der Waals surface area contributed by atoms with Crippen LogP contribution in [-0.4, -0.2) is 72.9 Å². The zero-order valence-corrected chi connectivity index (χ0v) is 15.0. The van der Waals surface area contributed by atoms with E-state index in [0.29, 0.717) is 10.9 Å². The summed E-state index contributed by atoms with van der Waals surface area (Å²) in [4.78, 5) is 11.3. The van der Waals surface area contributed by atoms with E-state index < -0.39 is 26.3 Å². The summed E-state index contributed by atoms with van der Waals surface area (Å²) in [7, 11) is -4.61. The van der Waals surface area contributed by atoms with Gasteiger partial charge in [0.1, 0.15) is 13.3 Å². The molecule has 0 radical (unpaired) electrons. The number of amides is 1. The summed E-state index contributed by atoms with van der Waals surface area (Å²) in [5, 5.41) is 4.06. The molecule has 0 aromatic carbocycles. The molecule has 1 aliphatic rings. The number of hydrogen-bond acceptors (Lipinski definition) is 6. The van der Waals surface area contributed by atoms with E-state index in [4.69, 9.17) is 4.74 Å². The van der Waals surface area contributed by atoms with Gasteiger partial charge in [-0.05, 0) is 18.8 Å². The summed E-state index contributed by atoms with van der Waals surface area (Å²) in [6.07, 6.45) is 7.34. The zero-order chi connectivity index (χ0) is 17.1. The molecule has 11 heteroatoms. The minimum atomic E-state index is -4.00. The lowest BCUT2D eigenvalue weighted by molar-refractivity contribution is 0.0811. The predicted molar refractivity (Wildman–Crippen MR) is 89.0 cm³/mol. The Morgan fingerprint density at radius 3 is 2.74 bits per heavy atom. The summed E-state index contributed by atoms with van der Waals surface area (Å²) in [5.41, 5.74) is 0. The van der Waals surface area contributed by atoms with Crippen LogP contribution in [0.1, 0.15) is 0 Å². The fourth-order valence-corrected chi connectivity index (χ4v) is 3.40. The lowest BCUT2D eigenvalue weighted by atomic mass is 10.7. The third-order valence-corrected chi connectivity index (χ3v) is 5.72. The molecule has 1 fully saturated rings. The van der Waals surface area contributed by atoms with E-state index in [1.807, 2.05) is 0 Å². The van der Waals surface area contributed by atoms with Gasteiger partial charge in [-0.3, -0.25) is 0 Å². The van der Waals surface area contributed by atoms with Crippen molar-refractivity contribution < 1.29 is 22.7 Å². The predicted octanol–water partition coefficient (Wildman–Crippen LogP) is 0.660. The first-order valence-corrected chi connectivity index (χ1v) is 11.4. The van der Waals surface area contributed by atoms with Crippen LogP contribution < -0.4 is 4.72 Å². The van der Waals surface area contributed by atoms with E-state index in [1.165, 1.54) is 10.7 Å². The lowest BCUT2D eigenvalue weighted by Crippen LogP contribution is -2.36. The Morgan fingerprint density at radius 1 is 1.39 bits per heavy atom. The molecular weight excluding hydrogens is 344 g/mol.